The molecule has 1 N–H and O–H groups in total. The Hall–Kier alpha value is -2.81. The first-order valence-electron chi connectivity index (χ1n) is 10.3. The van der Waals surface area contributed by atoms with E-state index in [9.17, 15) is 18.0 Å². The molecule has 1 unspecified atom stereocenters. The van der Waals surface area contributed by atoms with Gasteiger partial charge in [-0.3, -0.25) is 14.2 Å². The molecule has 4 rings (SSSR count). The second kappa shape index (κ2) is 8.27. The van der Waals surface area contributed by atoms with Crippen LogP contribution in [0.15, 0.2) is 30.3 Å². The number of rotatable bonds is 6. The van der Waals surface area contributed by atoms with Crippen LogP contribution in [-0.2, 0) is 17.5 Å². The van der Waals surface area contributed by atoms with Gasteiger partial charge < -0.3 is 5.32 Å². The molecule has 0 bridgehead atoms. The summed E-state index contributed by atoms with van der Waals surface area (Å²) < 4.78 is 43.0. The Balaban J connectivity index is 1.54. The van der Waals surface area contributed by atoms with Crippen LogP contribution < -0.4 is 5.32 Å². The largest absolute Gasteiger partial charge is 0.436 e. The quantitative estimate of drug-likeness (QED) is 0.523. The molecule has 1 aliphatic rings. The lowest BCUT2D eigenvalue weighted by molar-refractivity contribution is -0.141. The molecule has 0 spiro atoms. The molecule has 1 fully saturated rings. The highest BCUT2D eigenvalue weighted by molar-refractivity contribution is 6.32. The molecule has 10 heteroatoms. The molecule has 1 atom stereocenters. The molecule has 1 aliphatic carbocycles. The van der Waals surface area contributed by atoms with Gasteiger partial charge in [-0.2, -0.15) is 23.4 Å². The van der Waals surface area contributed by atoms with Crippen LogP contribution in [-0.4, -0.2) is 25.5 Å². The molecule has 0 aliphatic heterocycles. The first-order valence-corrected chi connectivity index (χ1v) is 10.7. The zero-order valence-electron chi connectivity index (χ0n) is 17.9. The number of carbonyl (C=O) groups excluding carboxylic acids is 1. The minimum atomic E-state index is -4.68. The van der Waals surface area contributed by atoms with E-state index in [1.54, 1.807) is 6.07 Å². The fourth-order valence-electron chi connectivity index (χ4n) is 3.74. The number of halogens is 4. The van der Waals surface area contributed by atoms with E-state index in [2.05, 4.69) is 15.5 Å². The molecule has 0 radical (unpaired) electrons. The van der Waals surface area contributed by atoms with Gasteiger partial charge in [-0.25, -0.2) is 0 Å². The van der Waals surface area contributed by atoms with Crippen molar-refractivity contribution >= 4 is 23.2 Å². The van der Waals surface area contributed by atoms with Gasteiger partial charge in [-0.05, 0) is 57.4 Å². The number of anilines is 1. The molecule has 1 saturated carbocycles. The third-order valence-corrected chi connectivity index (χ3v) is 5.87. The number of aromatic nitrogens is 4. The summed E-state index contributed by atoms with van der Waals surface area (Å²) in [5.41, 5.74) is 2.55. The summed E-state index contributed by atoms with van der Waals surface area (Å²) in [6, 6.07) is 8.30. The fourth-order valence-corrected chi connectivity index (χ4v) is 4.13. The number of alkyl halides is 3. The summed E-state index contributed by atoms with van der Waals surface area (Å²) in [4.78, 5) is 12.9. The molecule has 6 nitrogen and oxygen atoms in total. The van der Waals surface area contributed by atoms with Crippen molar-refractivity contribution in [1.29, 1.82) is 0 Å². The van der Waals surface area contributed by atoms with Crippen LogP contribution in [0.4, 0.5) is 18.9 Å². The number of nitrogens with one attached hydrogen (secondary N) is 1. The Kier molecular flexibility index (Phi) is 5.79. The topological polar surface area (TPSA) is 64.7 Å². The molecule has 1 aromatic carbocycles. The minimum absolute atomic E-state index is 0.106. The van der Waals surface area contributed by atoms with Crippen LogP contribution in [0.25, 0.3) is 0 Å². The van der Waals surface area contributed by atoms with Crippen LogP contribution in [0.1, 0.15) is 60.1 Å². The number of nitrogens with zero attached hydrogens (tertiary/aromatic N) is 4. The highest BCUT2D eigenvalue weighted by atomic mass is 35.5. The molecule has 170 valence electrons. The van der Waals surface area contributed by atoms with Gasteiger partial charge in [-0.1, -0.05) is 23.7 Å². The Morgan fingerprint density at radius 1 is 1.25 bits per heavy atom. The average molecular weight is 466 g/mol. The molecule has 2 heterocycles. The van der Waals surface area contributed by atoms with Crippen LogP contribution >= 0.6 is 11.6 Å². The number of hydrogen-bond acceptors (Lipinski definition) is 3. The lowest BCUT2D eigenvalue weighted by atomic mass is 10.2. The summed E-state index contributed by atoms with van der Waals surface area (Å²) in [6.45, 7) is 5.94. The Morgan fingerprint density at radius 2 is 1.97 bits per heavy atom. The Labute approximate surface area is 188 Å². The molecule has 2 aromatic heterocycles. The average Bonchev–Trinajstić information content (AvgIpc) is 3.40. The van der Waals surface area contributed by atoms with Gasteiger partial charge in [0.25, 0.3) is 0 Å². The van der Waals surface area contributed by atoms with Gasteiger partial charge in [0.2, 0.25) is 5.91 Å². The minimum Gasteiger partial charge on any atom is -0.324 e. The first-order chi connectivity index (χ1) is 15.0. The van der Waals surface area contributed by atoms with Gasteiger partial charge in [0.15, 0.2) is 5.69 Å². The van der Waals surface area contributed by atoms with Crippen molar-refractivity contribution in [3.05, 3.63) is 63.7 Å². The standard InChI is InChI=1S/C22H23ClF3N5O/c1-12-9-13(2)30(28-12)11-15-5-4-6-17(10-15)27-21(32)14(3)31-19(16-7-8-16)18(23)20(29-31)22(24,25)26/h4-6,9-10,14,16H,7-8,11H2,1-3H3,(H,27,32). The second-order valence-corrected chi connectivity index (χ2v) is 8.59. The van der Waals surface area contributed by atoms with Crippen molar-refractivity contribution in [3.8, 4) is 0 Å². The van der Waals surface area contributed by atoms with E-state index < -0.39 is 28.8 Å². The second-order valence-electron chi connectivity index (χ2n) is 8.21. The molecule has 0 saturated heterocycles. The van der Waals surface area contributed by atoms with Crippen LogP contribution in [0.3, 0.4) is 0 Å². The Morgan fingerprint density at radius 3 is 2.56 bits per heavy atom. The van der Waals surface area contributed by atoms with E-state index in [0.717, 1.165) is 34.5 Å². The number of aryl methyl sites for hydroxylation is 2. The number of benzene rings is 1. The lowest BCUT2D eigenvalue weighted by Gasteiger charge is -2.16. The van der Waals surface area contributed by atoms with E-state index in [1.807, 2.05) is 42.8 Å². The van der Waals surface area contributed by atoms with E-state index in [0.29, 0.717) is 12.2 Å². The van der Waals surface area contributed by atoms with Gasteiger partial charge in [0.05, 0.1) is 23.0 Å². The maximum absolute atomic E-state index is 13.3. The number of hydrogen-bond donors (Lipinski definition) is 1. The summed E-state index contributed by atoms with van der Waals surface area (Å²) in [6.07, 6.45) is -3.23. The highest BCUT2D eigenvalue weighted by Crippen LogP contribution is 2.47. The summed E-state index contributed by atoms with van der Waals surface area (Å²) in [5.74, 6) is -0.575. The van der Waals surface area contributed by atoms with Gasteiger partial charge in [0, 0.05) is 17.3 Å². The van der Waals surface area contributed by atoms with E-state index in [-0.39, 0.29) is 11.6 Å². The smallest absolute Gasteiger partial charge is 0.324 e. The molecule has 1 amide bonds. The fraction of sp³-hybridized carbons (Fsp3) is 0.409. The lowest BCUT2D eigenvalue weighted by Crippen LogP contribution is -2.26. The van der Waals surface area contributed by atoms with E-state index in [4.69, 9.17) is 11.6 Å². The summed E-state index contributed by atoms with van der Waals surface area (Å²) >= 11 is 6.03. The normalized spacial score (nSPS) is 15.1. The number of carbonyl (C=O) groups is 1. The SMILES string of the molecule is Cc1cc(C)n(Cc2cccc(NC(=O)C(C)n3nc(C(F)(F)F)c(Cl)c3C3CC3)c2)n1. The molecular formula is C22H23ClF3N5O. The van der Waals surface area contributed by atoms with Crippen molar-refractivity contribution < 1.29 is 18.0 Å². The van der Waals surface area contributed by atoms with Crippen molar-refractivity contribution in [1.82, 2.24) is 19.6 Å². The van der Waals surface area contributed by atoms with Crippen LogP contribution in [0.2, 0.25) is 5.02 Å². The summed E-state index contributed by atoms with van der Waals surface area (Å²) in [5, 5.41) is 10.5. The summed E-state index contributed by atoms with van der Waals surface area (Å²) in [7, 11) is 0. The van der Waals surface area contributed by atoms with Gasteiger partial charge >= 0.3 is 6.18 Å². The third-order valence-electron chi connectivity index (χ3n) is 5.50. The maximum atomic E-state index is 13.3. The van der Waals surface area contributed by atoms with Crippen LogP contribution in [0, 0.1) is 13.8 Å². The maximum Gasteiger partial charge on any atom is 0.436 e. The monoisotopic (exact) mass is 465 g/mol. The highest BCUT2D eigenvalue weighted by Gasteiger charge is 2.43. The number of amides is 1. The third kappa shape index (κ3) is 4.53. The van der Waals surface area contributed by atoms with E-state index in [1.165, 1.54) is 6.92 Å². The van der Waals surface area contributed by atoms with Crippen molar-refractivity contribution in [2.45, 2.75) is 58.3 Å². The Bertz CT molecular complexity index is 1160. The van der Waals surface area contributed by atoms with Gasteiger partial charge in [0.1, 0.15) is 6.04 Å². The van der Waals surface area contributed by atoms with Crippen molar-refractivity contribution in [2.24, 2.45) is 0 Å². The molecule has 32 heavy (non-hydrogen) atoms. The van der Waals surface area contributed by atoms with Crippen molar-refractivity contribution in [2.75, 3.05) is 5.32 Å². The predicted octanol–water partition coefficient (Wildman–Crippen LogP) is 5.49. The first kappa shape index (κ1) is 22.4. The molecule has 3 aromatic rings. The van der Waals surface area contributed by atoms with Crippen molar-refractivity contribution in [3.63, 3.8) is 0 Å². The zero-order chi connectivity index (χ0) is 23.2. The van der Waals surface area contributed by atoms with Gasteiger partial charge in [-0.15, -0.1) is 0 Å². The molecular weight excluding hydrogens is 443 g/mol. The van der Waals surface area contributed by atoms with E-state index >= 15 is 0 Å². The predicted molar refractivity (Wildman–Crippen MR) is 115 cm³/mol. The zero-order valence-corrected chi connectivity index (χ0v) is 18.6. The van der Waals surface area contributed by atoms with Crippen LogP contribution in [0.5, 0.6) is 0 Å².